The van der Waals surface area contributed by atoms with Crippen molar-refractivity contribution in [2.45, 2.75) is 356 Å². The molecule has 3 atom stereocenters. The smallest absolute Gasteiger partial charge is 0.306 e. The van der Waals surface area contributed by atoms with Gasteiger partial charge in [-0.3, -0.25) is 14.4 Å². The summed E-state index contributed by atoms with van der Waals surface area (Å²) in [4.78, 5) is 38.2. The van der Waals surface area contributed by atoms with Gasteiger partial charge in [0.25, 0.3) is 0 Å². The SMILES string of the molecule is CCC(C)CCCCCCCCCCCCCCCCCCCCC(=O)OC[C@H](COC(=O)CCCCCCCCCCCCC(C)CC)OC(=O)CCCCCCCCCCCCCCC(C)C. The van der Waals surface area contributed by atoms with Gasteiger partial charge in [0.15, 0.2) is 6.10 Å². The molecule has 0 aliphatic carbocycles. The molecule has 0 heterocycles. The fraction of sp³-hybridized carbons (Fsp3) is 0.952. The highest BCUT2D eigenvalue weighted by Gasteiger charge is 2.19. The Balaban J connectivity index is 4.25. The number of hydrogen-bond donors (Lipinski definition) is 0. The van der Waals surface area contributed by atoms with E-state index >= 15 is 0 Å². The Labute approximate surface area is 431 Å². The molecule has 0 fully saturated rings. The second-order valence-corrected chi connectivity index (χ2v) is 22.7. The maximum atomic E-state index is 12.9. The van der Waals surface area contributed by atoms with Gasteiger partial charge < -0.3 is 14.2 Å². The molecule has 0 radical (unpaired) electrons. The largest absolute Gasteiger partial charge is 0.462 e. The molecule has 410 valence electrons. The molecule has 0 amide bonds. The van der Waals surface area contributed by atoms with Crippen LogP contribution in [0.2, 0.25) is 0 Å². The summed E-state index contributed by atoms with van der Waals surface area (Å²) in [6.07, 6.45) is 58.0. The lowest BCUT2D eigenvalue weighted by Gasteiger charge is -2.18. The highest BCUT2D eigenvalue weighted by molar-refractivity contribution is 5.71. The maximum Gasteiger partial charge on any atom is 0.306 e. The summed E-state index contributed by atoms with van der Waals surface area (Å²) in [6, 6.07) is 0. The van der Waals surface area contributed by atoms with E-state index in [1.807, 2.05) is 0 Å². The summed E-state index contributed by atoms with van der Waals surface area (Å²) < 4.78 is 16.9. The molecule has 0 aromatic heterocycles. The maximum absolute atomic E-state index is 12.9. The second-order valence-electron chi connectivity index (χ2n) is 22.7. The molecular weight excluding hydrogens is 853 g/mol. The quantitative estimate of drug-likeness (QED) is 0.0343. The van der Waals surface area contributed by atoms with Crippen molar-refractivity contribution in [2.75, 3.05) is 13.2 Å². The Morgan fingerprint density at radius 2 is 0.507 bits per heavy atom. The Morgan fingerprint density at radius 1 is 0.290 bits per heavy atom. The Kier molecular flexibility index (Phi) is 52.9. The number of ether oxygens (including phenoxy) is 3. The standard InChI is InChI=1S/C63H122O6/c1-7-58(5)50-44-38-32-26-20-15-13-11-9-10-12-14-16-21-28-34-40-46-52-61(64)67-55-60(56-68-62(65)53-47-41-35-29-24-23-27-33-39-45-51-59(6)8-2)69-63(66)54-48-42-36-30-22-18-17-19-25-31-37-43-49-57(3)4/h57-60H,7-56H2,1-6H3/t58?,59?,60-/m1/s1. The first kappa shape index (κ1) is 67.4. The third kappa shape index (κ3) is 54.0. The van der Waals surface area contributed by atoms with Crippen LogP contribution in [-0.4, -0.2) is 37.2 Å². The van der Waals surface area contributed by atoms with E-state index in [4.69, 9.17) is 14.2 Å². The number of esters is 3. The molecule has 0 saturated carbocycles. The van der Waals surface area contributed by atoms with Crippen LogP contribution in [0, 0.1) is 17.8 Å². The molecule has 0 saturated heterocycles. The number of hydrogen-bond acceptors (Lipinski definition) is 6. The highest BCUT2D eigenvalue weighted by atomic mass is 16.6. The Morgan fingerprint density at radius 3 is 0.754 bits per heavy atom. The molecule has 69 heavy (non-hydrogen) atoms. The van der Waals surface area contributed by atoms with Gasteiger partial charge in [-0.2, -0.15) is 0 Å². The van der Waals surface area contributed by atoms with Gasteiger partial charge in [0.1, 0.15) is 13.2 Å². The lowest BCUT2D eigenvalue weighted by atomic mass is 9.99. The van der Waals surface area contributed by atoms with Crippen molar-refractivity contribution in [3.8, 4) is 0 Å². The van der Waals surface area contributed by atoms with Crippen LogP contribution in [0.5, 0.6) is 0 Å². The van der Waals surface area contributed by atoms with E-state index in [0.29, 0.717) is 19.3 Å². The molecule has 0 bridgehead atoms. The van der Waals surface area contributed by atoms with Crippen molar-refractivity contribution < 1.29 is 28.6 Å². The number of rotatable bonds is 56. The summed E-state index contributed by atoms with van der Waals surface area (Å²) in [5, 5.41) is 0. The summed E-state index contributed by atoms with van der Waals surface area (Å²) in [5.41, 5.74) is 0. The van der Waals surface area contributed by atoms with Gasteiger partial charge >= 0.3 is 17.9 Å². The molecule has 2 unspecified atom stereocenters. The number of unbranched alkanes of at least 4 members (excludes halogenated alkanes) is 37. The summed E-state index contributed by atoms with van der Waals surface area (Å²) in [6.45, 7) is 13.8. The summed E-state index contributed by atoms with van der Waals surface area (Å²) in [7, 11) is 0. The van der Waals surface area contributed by atoms with E-state index in [0.717, 1.165) is 75.5 Å². The van der Waals surface area contributed by atoms with Crippen LogP contribution in [0.4, 0.5) is 0 Å². The van der Waals surface area contributed by atoms with Gasteiger partial charge in [0, 0.05) is 19.3 Å². The van der Waals surface area contributed by atoms with Crippen LogP contribution in [-0.2, 0) is 28.6 Å². The summed E-state index contributed by atoms with van der Waals surface area (Å²) >= 11 is 0. The molecule has 0 aromatic carbocycles. The van der Waals surface area contributed by atoms with Gasteiger partial charge in [-0.05, 0) is 37.0 Å². The van der Waals surface area contributed by atoms with Gasteiger partial charge in [-0.1, -0.05) is 311 Å². The van der Waals surface area contributed by atoms with Gasteiger partial charge in [-0.15, -0.1) is 0 Å². The zero-order chi connectivity index (χ0) is 50.5. The highest BCUT2D eigenvalue weighted by Crippen LogP contribution is 2.20. The van der Waals surface area contributed by atoms with E-state index in [1.54, 1.807) is 0 Å². The average molecular weight is 976 g/mol. The van der Waals surface area contributed by atoms with E-state index in [9.17, 15) is 14.4 Å². The zero-order valence-corrected chi connectivity index (χ0v) is 47.6. The van der Waals surface area contributed by atoms with Crippen molar-refractivity contribution in [1.29, 1.82) is 0 Å². The van der Waals surface area contributed by atoms with Crippen LogP contribution in [0.1, 0.15) is 350 Å². The second kappa shape index (κ2) is 54.2. The molecule has 0 aliphatic heterocycles. The lowest BCUT2D eigenvalue weighted by molar-refractivity contribution is -0.167. The van der Waals surface area contributed by atoms with Crippen molar-refractivity contribution in [3.05, 3.63) is 0 Å². The first-order valence-electron chi connectivity index (χ1n) is 31.2. The van der Waals surface area contributed by atoms with Crippen LogP contribution in [0.3, 0.4) is 0 Å². The van der Waals surface area contributed by atoms with Crippen molar-refractivity contribution in [1.82, 2.24) is 0 Å². The first-order valence-corrected chi connectivity index (χ1v) is 31.2. The zero-order valence-electron chi connectivity index (χ0n) is 47.6. The van der Waals surface area contributed by atoms with Crippen LogP contribution < -0.4 is 0 Å². The van der Waals surface area contributed by atoms with E-state index in [-0.39, 0.29) is 31.1 Å². The van der Waals surface area contributed by atoms with Crippen molar-refractivity contribution >= 4 is 17.9 Å². The molecule has 0 aromatic rings. The summed E-state index contributed by atoms with van der Waals surface area (Å²) in [5.74, 6) is 1.77. The van der Waals surface area contributed by atoms with Crippen molar-refractivity contribution in [2.24, 2.45) is 17.8 Å². The predicted molar refractivity (Wildman–Crippen MR) is 298 cm³/mol. The van der Waals surface area contributed by atoms with E-state index < -0.39 is 6.10 Å². The molecule has 0 N–H and O–H groups in total. The topological polar surface area (TPSA) is 78.9 Å². The average Bonchev–Trinajstić information content (AvgIpc) is 3.34. The van der Waals surface area contributed by atoms with Gasteiger partial charge in [0.05, 0.1) is 0 Å². The fourth-order valence-electron chi connectivity index (χ4n) is 9.64. The minimum absolute atomic E-state index is 0.0631. The lowest BCUT2D eigenvalue weighted by Crippen LogP contribution is -2.30. The molecule has 0 spiro atoms. The molecule has 0 aliphatic rings. The van der Waals surface area contributed by atoms with E-state index in [2.05, 4.69) is 41.5 Å². The minimum atomic E-state index is -0.764. The number of carbonyl (C=O) groups is 3. The Hall–Kier alpha value is -1.59. The molecule has 6 heteroatoms. The van der Waals surface area contributed by atoms with Crippen LogP contribution >= 0.6 is 0 Å². The third-order valence-electron chi connectivity index (χ3n) is 15.1. The van der Waals surface area contributed by atoms with Gasteiger partial charge in [-0.25, -0.2) is 0 Å². The van der Waals surface area contributed by atoms with Gasteiger partial charge in [0.2, 0.25) is 0 Å². The third-order valence-corrected chi connectivity index (χ3v) is 15.1. The van der Waals surface area contributed by atoms with Crippen LogP contribution in [0.15, 0.2) is 0 Å². The fourth-order valence-corrected chi connectivity index (χ4v) is 9.64. The predicted octanol–water partition coefficient (Wildman–Crippen LogP) is 20.7. The van der Waals surface area contributed by atoms with Crippen LogP contribution in [0.25, 0.3) is 0 Å². The Bertz CT molecular complexity index is 1070. The normalized spacial score (nSPS) is 12.9. The minimum Gasteiger partial charge on any atom is -0.462 e. The van der Waals surface area contributed by atoms with Crippen molar-refractivity contribution in [3.63, 3.8) is 0 Å². The molecule has 0 rings (SSSR count). The molecular formula is C63H122O6. The molecule has 6 nitrogen and oxygen atoms in total. The van der Waals surface area contributed by atoms with E-state index in [1.165, 1.54) is 231 Å². The first-order chi connectivity index (χ1) is 33.7. The monoisotopic (exact) mass is 975 g/mol. The number of carbonyl (C=O) groups excluding carboxylic acids is 3.